The van der Waals surface area contributed by atoms with E-state index in [1.54, 1.807) is 27.0 Å². The van der Waals surface area contributed by atoms with Gasteiger partial charge in [0.2, 0.25) is 17.7 Å². The van der Waals surface area contributed by atoms with Gasteiger partial charge in [0.05, 0.1) is 12.0 Å². The molecule has 7 nitrogen and oxygen atoms in total. The van der Waals surface area contributed by atoms with E-state index in [1.807, 2.05) is 30.3 Å². The predicted molar refractivity (Wildman–Crippen MR) is 109 cm³/mol. The van der Waals surface area contributed by atoms with Crippen molar-refractivity contribution in [2.75, 3.05) is 17.2 Å². The van der Waals surface area contributed by atoms with E-state index < -0.39 is 10.8 Å². The van der Waals surface area contributed by atoms with Gasteiger partial charge in [-0.15, -0.1) is 0 Å². The summed E-state index contributed by atoms with van der Waals surface area (Å²) in [5, 5.41) is 8.35. The number of amides is 3. The van der Waals surface area contributed by atoms with Gasteiger partial charge in [-0.05, 0) is 42.2 Å². The number of carbonyl (C=O) groups excluding carboxylic acids is 3. The van der Waals surface area contributed by atoms with Crippen LogP contribution in [-0.2, 0) is 32.6 Å². The van der Waals surface area contributed by atoms with Crippen LogP contribution in [0.1, 0.15) is 37.5 Å². The molecule has 1 aliphatic carbocycles. The van der Waals surface area contributed by atoms with Crippen molar-refractivity contribution in [3.05, 3.63) is 53.2 Å². The zero-order chi connectivity index (χ0) is 20.8. The minimum absolute atomic E-state index is 0.0297. The van der Waals surface area contributed by atoms with E-state index in [2.05, 4.69) is 20.9 Å². The van der Waals surface area contributed by atoms with Crippen LogP contribution < -0.4 is 16.0 Å². The maximum atomic E-state index is 12.8. The maximum absolute atomic E-state index is 12.8. The molecule has 1 aromatic heterocycles. The largest absolute Gasteiger partial charge is 0.347 e. The molecule has 1 aromatic carbocycles. The molecule has 0 saturated heterocycles. The fraction of sp³-hybridized carbons (Fsp3) is 0.364. The summed E-state index contributed by atoms with van der Waals surface area (Å²) >= 11 is 0. The van der Waals surface area contributed by atoms with E-state index in [0.29, 0.717) is 24.3 Å². The number of nitrogens with one attached hydrogen (secondary N) is 3. The molecule has 0 radical (unpaired) electrons. The van der Waals surface area contributed by atoms with Crippen LogP contribution in [0, 0.1) is 5.41 Å². The average Bonchev–Trinajstić information content (AvgIpc) is 3.17. The van der Waals surface area contributed by atoms with Gasteiger partial charge in [-0.3, -0.25) is 14.4 Å². The molecule has 1 aliphatic heterocycles. The number of carbonyl (C=O) groups is 3. The van der Waals surface area contributed by atoms with Crippen LogP contribution in [0.25, 0.3) is 0 Å². The van der Waals surface area contributed by atoms with Gasteiger partial charge in [0.1, 0.15) is 5.82 Å². The molecular formula is C22H24N4O3. The van der Waals surface area contributed by atoms with E-state index in [9.17, 15) is 14.4 Å². The van der Waals surface area contributed by atoms with Crippen molar-refractivity contribution in [3.63, 3.8) is 0 Å². The lowest BCUT2D eigenvalue weighted by molar-refractivity contribution is -0.130. The number of aromatic nitrogens is 1. The summed E-state index contributed by atoms with van der Waals surface area (Å²) in [6, 6.07) is 9.50. The Kier molecular flexibility index (Phi) is 4.41. The SMILES string of the molecule is CC(C)(C)C(=O)NCC(=O)Nc1ccc2c(c1)C[C@@]1(C2)C(=O)Nc2ncccc21. The molecule has 150 valence electrons. The summed E-state index contributed by atoms with van der Waals surface area (Å²) in [5.41, 5.74) is 2.53. The minimum atomic E-state index is -0.630. The Labute approximate surface area is 169 Å². The molecule has 1 atom stereocenters. The van der Waals surface area contributed by atoms with E-state index in [-0.39, 0.29) is 24.3 Å². The Hall–Kier alpha value is -3.22. The molecule has 3 amide bonds. The highest BCUT2D eigenvalue weighted by molar-refractivity contribution is 6.06. The third-order valence-corrected chi connectivity index (χ3v) is 5.56. The van der Waals surface area contributed by atoms with E-state index in [4.69, 9.17) is 0 Å². The molecule has 0 bridgehead atoms. The van der Waals surface area contributed by atoms with Crippen molar-refractivity contribution in [2.24, 2.45) is 5.41 Å². The Balaban J connectivity index is 1.47. The second-order valence-corrected chi connectivity index (χ2v) is 8.75. The molecule has 0 fully saturated rings. The summed E-state index contributed by atoms with van der Waals surface area (Å²) < 4.78 is 0. The molecule has 0 saturated carbocycles. The fourth-order valence-electron chi connectivity index (χ4n) is 3.98. The number of hydrogen-bond donors (Lipinski definition) is 3. The second-order valence-electron chi connectivity index (χ2n) is 8.75. The molecule has 29 heavy (non-hydrogen) atoms. The predicted octanol–water partition coefficient (Wildman–Crippen LogP) is 2.17. The van der Waals surface area contributed by atoms with Crippen LogP contribution in [-0.4, -0.2) is 29.3 Å². The third kappa shape index (κ3) is 3.37. The zero-order valence-electron chi connectivity index (χ0n) is 16.8. The summed E-state index contributed by atoms with van der Waals surface area (Å²) in [5.74, 6) is 0.137. The summed E-state index contributed by atoms with van der Waals surface area (Å²) in [6.45, 7) is 5.30. The van der Waals surface area contributed by atoms with Crippen LogP contribution in [0.15, 0.2) is 36.5 Å². The number of rotatable bonds is 3. The van der Waals surface area contributed by atoms with E-state index in [1.165, 1.54) is 0 Å². The minimum Gasteiger partial charge on any atom is -0.347 e. The number of anilines is 2. The van der Waals surface area contributed by atoms with Crippen molar-refractivity contribution in [3.8, 4) is 0 Å². The molecule has 7 heteroatoms. The first-order valence-electron chi connectivity index (χ1n) is 9.66. The van der Waals surface area contributed by atoms with Gasteiger partial charge in [0.15, 0.2) is 0 Å². The normalized spacial score (nSPS) is 19.5. The molecule has 0 unspecified atom stereocenters. The highest BCUT2D eigenvalue weighted by Crippen LogP contribution is 2.46. The average molecular weight is 392 g/mol. The molecule has 3 N–H and O–H groups in total. The number of pyridine rings is 1. The van der Waals surface area contributed by atoms with Crippen LogP contribution in [0.5, 0.6) is 0 Å². The van der Waals surface area contributed by atoms with Gasteiger partial charge < -0.3 is 16.0 Å². The topological polar surface area (TPSA) is 100 Å². The van der Waals surface area contributed by atoms with Gasteiger partial charge in [-0.25, -0.2) is 4.98 Å². The van der Waals surface area contributed by atoms with Crippen LogP contribution in [0.2, 0.25) is 0 Å². The first-order chi connectivity index (χ1) is 13.7. The monoisotopic (exact) mass is 392 g/mol. The van der Waals surface area contributed by atoms with Gasteiger partial charge in [0.25, 0.3) is 0 Å². The van der Waals surface area contributed by atoms with Crippen LogP contribution in [0.4, 0.5) is 11.5 Å². The Bertz CT molecular complexity index is 1020. The van der Waals surface area contributed by atoms with Gasteiger partial charge >= 0.3 is 0 Å². The number of hydrogen-bond acceptors (Lipinski definition) is 4. The van der Waals surface area contributed by atoms with Crippen LogP contribution in [0.3, 0.4) is 0 Å². The maximum Gasteiger partial charge on any atom is 0.243 e. The summed E-state index contributed by atoms with van der Waals surface area (Å²) in [4.78, 5) is 41.2. The Morgan fingerprint density at radius 2 is 1.93 bits per heavy atom. The number of nitrogens with zero attached hydrogens (tertiary/aromatic N) is 1. The smallest absolute Gasteiger partial charge is 0.243 e. The molecule has 1 spiro atoms. The summed E-state index contributed by atoms with van der Waals surface area (Å²) in [7, 11) is 0. The van der Waals surface area contributed by atoms with Gasteiger partial charge in [-0.2, -0.15) is 0 Å². The molecule has 4 rings (SSSR count). The molecule has 2 aromatic rings. The molecular weight excluding hydrogens is 368 g/mol. The highest BCUT2D eigenvalue weighted by atomic mass is 16.2. The standard InChI is InChI=1S/C22H24N4O3/c1-21(2,3)19(28)24-12-17(27)25-15-7-6-13-10-22(11-14(13)9-15)16-5-4-8-23-18(16)26-20(22)29/h4-9H,10-12H2,1-3H3,(H,24,28)(H,25,27)(H,23,26,29)/t22-/m1/s1. The number of benzene rings is 1. The Morgan fingerprint density at radius 3 is 2.69 bits per heavy atom. The molecule has 2 aliphatic rings. The van der Waals surface area contributed by atoms with E-state index in [0.717, 1.165) is 16.7 Å². The first-order valence-corrected chi connectivity index (χ1v) is 9.66. The van der Waals surface area contributed by atoms with Crippen molar-refractivity contribution < 1.29 is 14.4 Å². The number of fused-ring (bicyclic) bond motifs is 3. The second kappa shape index (κ2) is 6.69. The Morgan fingerprint density at radius 1 is 1.17 bits per heavy atom. The molecule has 2 heterocycles. The lowest BCUT2D eigenvalue weighted by Gasteiger charge is -2.20. The van der Waals surface area contributed by atoms with Gasteiger partial charge in [-0.1, -0.05) is 32.9 Å². The van der Waals surface area contributed by atoms with Crippen LogP contribution >= 0.6 is 0 Å². The lowest BCUT2D eigenvalue weighted by atomic mass is 9.79. The van der Waals surface area contributed by atoms with Crippen molar-refractivity contribution in [1.82, 2.24) is 10.3 Å². The van der Waals surface area contributed by atoms with Gasteiger partial charge in [0, 0.05) is 22.9 Å². The summed E-state index contributed by atoms with van der Waals surface area (Å²) in [6.07, 6.45) is 2.85. The lowest BCUT2D eigenvalue weighted by Crippen LogP contribution is -2.39. The van der Waals surface area contributed by atoms with Crippen molar-refractivity contribution >= 4 is 29.2 Å². The van der Waals surface area contributed by atoms with E-state index >= 15 is 0 Å². The highest BCUT2D eigenvalue weighted by Gasteiger charge is 2.51. The zero-order valence-corrected chi connectivity index (χ0v) is 16.8. The van der Waals surface area contributed by atoms with Crippen molar-refractivity contribution in [2.45, 2.75) is 39.0 Å². The first kappa shape index (κ1) is 19.1. The van der Waals surface area contributed by atoms with Crippen molar-refractivity contribution in [1.29, 1.82) is 0 Å². The quantitative estimate of drug-likeness (QED) is 0.745. The third-order valence-electron chi connectivity index (χ3n) is 5.56. The fourth-order valence-corrected chi connectivity index (χ4v) is 3.98.